The highest BCUT2D eigenvalue weighted by Gasteiger charge is 2.94. The van der Waals surface area contributed by atoms with Crippen LogP contribution in [0.3, 0.4) is 0 Å². The number of alkyl halides is 15. The molecule has 0 aliphatic heterocycles. The molecule has 0 unspecified atom stereocenters. The maximum absolute atomic E-state index is 14.1. The maximum atomic E-state index is 14.1. The van der Waals surface area contributed by atoms with E-state index in [9.17, 15) is 75.4 Å². The van der Waals surface area contributed by atoms with Crippen LogP contribution in [0.4, 0.5) is 65.9 Å². The van der Waals surface area contributed by atoms with Crippen LogP contribution in [0.1, 0.15) is 90.4 Å². The molecule has 0 rings (SSSR count). The summed E-state index contributed by atoms with van der Waals surface area (Å²) < 4.78 is 204. The Balaban J connectivity index is 5.00. The number of carbonyl (C=O) groups excluding carboxylic acids is 2. The van der Waals surface area contributed by atoms with Crippen molar-refractivity contribution >= 4 is 11.9 Å². The third-order valence-electron chi connectivity index (χ3n) is 6.82. The van der Waals surface area contributed by atoms with Gasteiger partial charge in [0.25, 0.3) is 5.91 Å². The first-order chi connectivity index (χ1) is 20.3. The molecule has 0 heterocycles. The summed E-state index contributed by atoms with van der Waals surface area (Å²) in [6, 6.07) is 0. The standard InChI is InChI=1S/C26H36F15NO3/c1-3-4-5-6-7-8-9-10-11-12-13-14-15-16-45-18(43)17-42(2)19(44)20(27,28)21(29,30)22(31,32)23(33,34)24(35,36)25(37,38)26(39,40)41/h3-17H2,1-2H3. The molecule has 0 aliphatic carbocycles. The molecule has 0 saturated heterocycles. The highest BCUT2D eigenvalue weighted by Crippen LogP contribution is 2.62. The number of esters is 1. The SMILES string of the molecule is CCCCCCCCCCCCCCCOC(=O)CN(C)C(=O)C(F)(F)C(F)(F)C(F)(F)C(F)(F)C(F)(F)C(F)(F)C(F)(F)F. The molecule has 0 saturated carbocycles. The van der Waals surface area contributed by atoms with Gasteiger partial charge < -0.3 is 9.64 Å². The first kappa shape index (κ1) is 42.9. The van der Waals surface area contributed by atoms with Crippen molar-refractivity contribution in [3.63, 3.8) is 0 Å². The zero-order valence-electron chi connectivity index (χ0n) is 24.4. The summed E-state index contributed by atoms with van der Waals surface area (Å²) in [6.45, 7) is 0.0892. The van der Waals surface area contributed by atoms with Crippen LogP contribution < -0.4 is 0 Å². The molecule has 0 aromatic rings. The number of nitrogens with zero attached hydrogens (tertiary/aromatic N) is 1. The second-order valence-electron chi connectivity index (χ2n) is 10.6. The minimum atomic E-state index is -8.50. The second-order valence-corrected chi connectivity index (χ2v) is 10.6. The van der Waals surface area contributed by atoms with Crippen molar-refractivity contribution < 1.29 is 80.2 Å². The fourth-order valence-electron chi connectivity index (χ4n) is 3.96. The van der Waals surface area contributed by atoms with Gasteiger partial charge in [0.2, 0.25) is 0 Å². The molecule has 45 heavy (non-hydrogen) atoms. The summed E-state index contributed by atoms with van der Waals surface area (Å²) in [5.41, 5.74) is 0. The van der Waals surface area contributed by atoms with E-state index in [-0.39, 0.29) is 20.1 Å². The largest absolute Gasteiger partial charge is 0.464 e. The third kappa shape index (κ3) is 9.94. The summed E-state index contributed by atoms with van der Waals surface area (Å²) >= 11 is 0. The molecule has 0 fully saturated rings. The zero-order chi connectivity index (χ0) is 35.5. The van der Waals surface area contributed by atoms with Gasteiger partial charge in [-0.1, -0.05) is 84.0 Å². The van der Waals surface area contributed by atoms with Gasteiger partial charge in [-0.05, 0) is 6.42 Å². The van der Waals surface area contributed by atoms with Crippen molar-refractivity contribution in [3.8, 4) is 0 Å². The molecule has 0 aromatic carbocycles. The number of rotatable bonds is 22. The lowest BCUT2D eigenvalue weighted by Gasteiger charge is -2.41. The molecule has 0 spiro atoms. The van der Waals surface area contributed by atoms with E-state index in [1.54, 1.807) is 0 Å². The third-order valence-corrected chi connectivity index (χ3v) is 6.82. The molecule has 0 radical (unpaired) electrons. The second kappa shape index (κ2) is 16.6. The van der Waals surface area contributed by atoms with Crippen molar-refractivity contribution in [2.75, 3.05) is 20.2 Å². The molecular formula is C26H36F15NO3. The number of halogens is 15. The topological polar surface area (TPSA) is 46.6 Å². The summed E-state index contributed by atoms with van der Waals surface area (Å²) in [5, 5.41) is 0. The van der Waals surface area contributed by atoms with Gasteiger partial charge in [0.15, 0.2) is 0 Å². The van der Waals surface area contributed by atoms with E-state index in [1.165, 1.54) is 25.7 Å². The predicted molar refractivity (Wildman–Crippen MR) is 130 cm³/mol. The van der Waals surface area contributed by atoms with E-state index in [2.05, 4.69) is 11.7 Å². The van der Waals surface area contributed by atoms with Gasteiger partial charge in [0.1, 0.15) is 6.54 Å². The van der Waals surface area contributed by atoms with Crippen LogP contribution in [0.15, 0.2) is 0 Å². The van der Waals surface area contributed by atoms with Crippen molar-refractivity contribution in [1.82, 2.24) is 4.90 Å². The van der Waals surface area contributed by atoms with Crippen LogP contribution in [0.25, 0.3) is 0 Å². The quantitative estimate of drug-likeness (QED) is 0.0645. The predicted octanol–water partition coefficient (Wildman–Crippen LogP) is 9.45. The van der Waals surface area contributed by atoms with Gasteiger partial charge in [-0.25, -0.2) is 0 Å². The fraction of sp³-hybridized carbons (Fsp3) is 0.923. The van der Waals surface area contributed by atoms with Crippen LogP contribution in [-0.2, 0) is 14.3 Å². The minimum Gasteiger partial charge on any atom is -0.464 e. The van der Waals surface area contributed by atoms with Gasteiger partial charge in [-0.15, -0.1) is 0 Å². The first-order valence-electron chi connectivity index (χ1n) is 14.0. The molecule has 0 bridgehead atoms. The Kier molecular flexibility index (Phi) is 15.9. The van der Waals surface area contributed by atoms with Crippen molar-refractivity contribution in [2.24, 2.45) is 0 Å². The summed E-state index contributed by atoms with van der Waals surface area (Å²) in [5.74, 6) is -53.7. The van der Waals surface area contributed by atoms with E-state index < -0.39 is 65.0 Å². The van der Waals surface area contributed by atoms with Crippen LogP contribution in [0, 0.1) is 0 Å². The highest BCUT2D eigenvalue weighted by molar-refractivity contribution is 5.88. The molecular weight excluding hydrogens is 659 g/mol. The highest BCUT2D eigenvalue weighted by atomic mass is 19.4. The minimum absolute atomic E-state index is 0.0848. The summed E-state index contributed by atoms with van der Waals surface area (Å²) in [7, 11) is 0.0848. The molecule has 1 amide bonds. The van der Waals surface area contributed by atoms with Crippen LogP contribution in [0.2, 0.25) is 0 Å². The summed E-state index contributed by atoms with van der Waals surface area (Å²) in [6.07, 6.45) is 4.76. The molecule has 0 N–H and O–H groups in total. The average Bonchev–Trinajstić information content (AvgIpc) is 2.91. The lowest BCUT2D eigenvalue weighted by molar-refractivity contribution is -0.449. The van der Waals surface area contributed by atoms with Crippen LogP contribution in [-0.4, -0.2) is 78.7 Å². The zero-order valence-corrected chi connectivity index (χ0v) is 24.4. The van der Waals surface area contributed by atoms with Gasteiger partial charge >= 0.3 is 47.7 Å². The molecule has 4 nitrogen and oxygen atoms in total. The van der Waals surface area contributed by atoms with Gasteiger partial charge in [0.05, 0.1) is 6.61 Å². The van der Waals surface area contributed by atoms with Crippen molar-refractivity contribution in [2.45, 2.75) is 132 Å². The van der Waals surface area contributed by atoms with Gasteiger partial charge in [-0.2, -0.15) is 65.9 Å². The Morgan fingerprint density at radius 1 is 0.511 bits per heavy atom. The van der Waals surface area contributed by atoms with E-state index in [0.717, 1.165) is 44.9 Å². The number of hydrogen-bond acceptors (Lipinski definition) is 3. The molecule has 0 aliphatic rings. The lowest BCUT2D eigenvalue weighted by Crippen LogP contribution is -2.74. The van der Waals surface area contributed by atoms with E-state index in [4.69, 9.17) is 0 Å². The first-order valence-corrected chi connectivity index (χ1v) is 14.0. The molecule has 19 heteroatoms. The van der Waals surface area contributed by atoms with E-state index in [0.29, 0.717) is 6.42 Å². The molecule has 268 valence electrons. The lowest BCUT2D eigenvalue weighted by atomic mass is 9.90. The van der Waals surface area contributed by atoms with E-state index in [1.807, 2.05) is 0 Å². The normalized spacial score (nSPS) is 14.1. The number of hydrogen-bond donors (Lipinski definition) is 0. The number of unbranched alkanes of at least 4 members (excludes halogenated alkanes) is 12. The smallest absolute Gasteiger partial charge is 0.460 e. The number of likely N-dealkylation sites (N-methyl/N-ethyl adjacent to an activating group) is 1. The summed E-state index contributed by atoms with van der Waals surface area (Å²) in [4.78, 5) is 22.7. The maximum Gasteiger partial charge on any atom is 0.460 e. The van der Waals surface area contributed by atoms with Crippen LogP contribution >= 0.6 is 0 Å². The Morgan fingerprint density at radius 3 is 1.22 bits per heavy atom. The monoisotopic (exact) mass is 695 g/mol. The number of carbonyl (C=O) groups is 2. The fourth-order valence-corrected chi connectivity index (χ4v) is 3.96. The Hall–Kier alpha value is -2.11. The Morgan fingerprint density at radius 2 is 0.844 bits per heavy atom. The molecule has 0 aromatic heterocycles. The Bertz CT molecular complexity index is 924. The van der Waals surface area contributed by atoms with Crippen molar-refractivity contribution in [3.05, 3.63) is 0 Å². The van der Waals surface area contributed by atoms with Crippen LogP contribution in [0.5, 0.6) is 0 Å². The number of amides is 1. The van der Waals surface area contributed by atoms with Crippen molar-refractivity contribution in [1.29, 1.82) is 0 Å². The van der Waals surface area contributed by atoms with Gasteiger partial charge in [-0.3, -0.25) is 9.59 Å². The average molecular weight is 696 g/mol. The van der Waals surface area contributed by atoms with Gasteiger partial charge in [0, 0.05) is 7.05 Å². The number of ether oxygens (including phenoxy) is 1. The Labute approximate surface area is 250 Å². The molecule has 0 atom stereocenters. The van der Waals surface area contributed by atoms with E-state index >= 15 is 0 Å².